The average molecular weight is 265 g/mol. The highest BCUT2D eigenvalue weighted by atomic mass is 16.3. The molecule has 0 bridgehead atoms. The van der Waals surface area contributed by atoms with Crippen molar-refractivity contribution in [3.8, 4) is 0 Å². The van der Waals surface area contributed by atoms with E-state index in [9.17, 15) is 0 Å². The molecule has 0 aromatic heterocycles. The molecule has 0 aliphatic carbocycles. The molecule has 110 valence electrons. The Kier molecular flexibility index (Phi) is 8.70. The fraction of sp³-hybridized carbons (Fsp3) is 0.647. The number of aryl methyl sites for hydroxylation is 1. The number of hydrogen-bond donors (Lipinski definition) is 1. The van der Waals surface area contributed by atoms with E-state index in [4.69, 9.17) is 5.11 Å². The molecule has 1 rings (SSSR count). The summed E-state index contributed by atoms with van der Waals surface area (Å²) in [6.45, 7) is 12.7. The highest BCUT2D eigenvalue weighted by Crippen LogP contribution is 2.27. The van der Waals surface area contributed by atoms with Gasteiger partial charge in [0.25, 0.3) is 0 Å². The van der Waals surface area contributed by atoms with E-state index in [1.165, 1.54) is 11.1 Å². The zero-order valence-electron chi connectivity index (χ0n) is 13.5. The number of likely N-dealkylation sites (N-methyl/N-ethyl adjacent to an activating group) is 1. The molecule has 0 atom stereocenters. The molecular formula is C17H31NO. The first-order valence-corrected chi connectivity index (χ1v) is 7.32. The molecule has 0 spiro atoms. The smallest absolute Gasteiger partial charge is 0.0558 e. The van der Waals surface area contributed by atoms with Crippen molar-refractivity contribution in [2.75, 3.05) is 26.7 Å². The highest BCUT2D eigenvalue weighted by Gasteiger charge is 2.20. The molecule has 1 aromatic rings. The third-order valence-corrected chi connectivity index (χ3v) is 3.43. The van der Waals surface area contributed by atoms with E-state index < -0.39 is 0 Å². The summed E-state index contributed by atoms with van der Waals surface area (Å²) in [5.74, 6) is 0. The van der Waals surface area contributed by atoms with Crippen LogP contribution in [0, 0.1) is 6.92 Å². The fourth-order valence-corrected chi connectivity index (χ4v) is 1.90. The lowest BCUT2D eigenvalue weighted by Crippen LogP contribution is -2.29. The summed E-state index contributed by atoms with van der Waals surface area (Å²) in [5, 5.41) is 8.87. The van der Waals surface area contributed by atoms with Gasteiger partial charge in [-0.15, -0.1) is 0 Å². The SMILES string of the molecule is CC.Cc1ccc(C(C)(C)CCN(C)CCO)cc1. The number of aliphatic hydroxyl groups is 1. The number of hydrogen-bond acceptors (Lipinski definition) is 2. The molecule has 0 amide bonds. The van der Waals surface area contributed by atoms with Gasteiger partial charge in [0.05, 0.1) is 6.61 Å². The lowest BCUT2D eigenvalue weighted by atomic mass is 9.81. The third kappa shape index (κ3) is 6.74. The first-order chi connectivity index (χ1) is 8.95. The number of aliphatic hydroxyl groups excluding tert-OH is 1. The predicted octanol–water partition coefficient (Wildman–Crippen LogP) is 3.61. The second-order valence-electron chi connectivity index (χ2n) is 5.53. The van der Waals surface area contributed by atoms with Crippen LogP contribution >= 0.6 is 0 Å². The first kappa shape index (κ1) is 18.1. The van der Waals surface area contributed by atoms with E-state index in [-0.39, 0.29) is 12.0 Å². The molecule has 19 heavy (non-hydrogen) atoms. The molecule has 0 aliphatic heterocycles. The molecule has 0 aliphatic rings. The largest absolute Gasteiger partial charge is 0.395 e. The normalized spacial score (nSPS) is 11.2. The topological polar surface area (TPSA) is 23.5 Å². The molecule has 0 heterocycles. The van der Waals surface area contributed by atoms with Gasteiger partial charge in [-0.05, 0) is 37.9 Å². The quantitative estimate of drug-likeness (QED) is 0.849. The van der Waals surface area contributed by atoms with Crippen LogP contribution in [0.4, 0.5) is 0 Å². The molecule has 1 aromatic carbocycles. The van der Waals surface area contributed by atoms with Crippen molar-refractivity contribution in [1.82, 2.24) is 4.90 Å². The van der Waals surface area contributed by atoms with Crippen LogP contribution in [0.5, 0.6) is 0 Å². The van der Waals surface area contributed by atoms with Gasteiger partial charge in [-0.2, -0.15) is 0 Å². The maximum absolute atomic E-state index is 8.87. The summed E-state index contributed by atoms with van der Waals surface area (Å²) in [7, 11) is 2.06. The minimum absolute atomic E-state index is 0.192. The van der Waals surface area contributed by atoms with E-state index in [1.54, 1.807) is 0 Å². The summed E-state index contributed by atoms with van der Waals surface area (Å²) in [4.78, 5) is 2.18. The highest BCUT2D eigenvalue weighted by molar-refractivity contribution is 5.27. The van der Waals surface area contributed by atoms with Crippen LogP contribution in [0.15, 0.2) is 24.3 Å². The Hall–Kier alpha value is -0.860. The van der Waals surface area contributed by atoms with Gasteiger partial charge in [0.1, 0.15) is 0 Å². The van der Waals surface area contributed by atoms with E-state index in [2.05, 4.69) is 57.0 Å². The minimum atomic E-state index is 0.192. The Morgan fingerprint density at radius 3 is 2.05 bits per heavy atom. The monoisotopic (exact) mass is 265 g/mol. The van der Waals surface area contributed by atoms with Gasteiger partial charge in [-0.1, -0.05) is 57.5 Å². The Bertz CT molecular complexity index is 330. The maximum Gasteiger partial charge on any atom is 0.0558 e. The van der Waals surface area contributed by atoms with Crippen LogP contribution in [0.3, 0.4) is 0 Å². The van der Waals surface area contributed by atoms with Crippen LogP contribution in [0.2, 0.25) is 0 Å². The first-order valence-electron chi connectivity index (χ1n) is 7.32. The van der Waals surface area contributed by atoms with Crippen molar-refractivity contribution >= 4 is 0 Å². The summed E-state index contributed by atoms with van der Waals surface area (Å²) in [6.07, 6.45) is 1.10. The van der Waals surface area contributed by atoms with E-state index >= 15 is 0 Å². The van der Waals surface area contributed by atoms with Gasteiger partial charge in [-0.3, -0.25) is 0 Å². The number of nitrogens with zero attached hydrogens (tertiary/aromatic N) is 1. The Labute approximate surface area is 119 Å². The molecule has 0 fully saturated rings. The van der Waals surface area contributed by atoms with E-state index in [0.717, 1.165) is 19.5 Å². The van der Waals surface area contributed by atoms with Gasteiger partial charge < -0.3 is 10.0 Å². The van der Waals surface area contributed by atoms with Crippen LogP contribution < -0.4 is 0 Å². The zero-order valence-corrected chi connectivity index (χ0v) is 13.5. The summed E-state index contributed by atoms with van der Waals surface area (Å²) >= 11 is 0. The summed E-state index contributed by atoms with van der Waals surface area (Å²) < 4.78 is 0. The van der Waals surface area contributed by atoms with Crippen molar-refractivity contribution < 1.29 is 5.11 Å². The standard InChI is InChI=1S/C15H25NO.C2H6/c1-13-5-7-14(8-6-13)15(2,3)9-10-16(4)11-12-17;1-2/h5-8,17H,9-12H2,1-4H3;1-2H3. The predicted molar refractivity (Wildman–Crippen MR) is 84.8 cm³/mol. The third-order valence-electron chi connectivity index (χ3n) is 3.43. The van der Waals surface area contributed by atoms with Crippen molar-refractivity contribution in [2.45, 2.75) is 46.5 Å². The van der Waals surface area contributed by atoms with Crippen molar-refractivity contribution in [2.24, 2.45) is 0 Å². The van der Waals surface area contributed by atoms with E-state index in [0.29, 0.717) is 0 Å². The Morgan fingerprint density at radius 2 is 1.58 bits per heavy atom. The second kappa shape index (κ2) is 9.11. The maximum atomic E-state index is 8.87. The summed E-state index contributed by atoms with van der Waals surface area (Å²) in [6, 6.07) is 8.80. The molecule has 2 heteroatoms. The van der Waals surface area contributed by atoms with Gasteiger partial charge in [0, 0.05) is 6.54 Å². The van der Waals surface area contributed by atoms with Crippen molar-refractivity contribution in [3.05, 3.63) is 35.4 Å². The molecule has 0 unspecified atom stereocenters. The molecule has 2 nitrogen and oxygen atoms in total. The Balaban J connectivity index is 0.00000154. The lowest BCUT2D eigenvalue weighted by Gasteiger charge is -2.28. The van der Waals surface area contributed by atoms with Crippen molar-refractivity contribution in [3.63, 3.8) is 0 Å². The van der Waals surface area contributed by atoms with Crippen LogP contribution in [0.25, 0.3) is 0 Å². The van der Waals surface area contributed by atoms with Gasteiger partial charge in [-0.25, -0.2) is 0 Å². The Morgan fingerprint density at radius 1 is 1.05 bits per heavy atom. The number of rotatable bonds is 6. The molecule has 0 saturated heterocycles. The average Bonchev–Trinajstić information content (AvgIpc) is 2.40. The lowest BCUT2D eigenvalue weighted by molar-refractivity contribution is 0.211. The molecular weight excluding hydrogens is 234 g/mol. The van der Waals surface area contributed by atoms with Gasteiger partial charge in [0.2, 0.25) is 0 Å². The number of benzene rings is 1. The molecule has 1 N–H and O–H groups in total. The molecule has 0 radical (unpaired) electrons. The van der Waals surface area contributed by atoms with Crippen LogP contribution in [-0.2, 0) is 5.41 Å². The molecule has 0 saturated carbocycles. The van der Waals surface area contributed by atoms with Gasteiger partial charge >= 0.3 is 0 Å². The second-order valence-corrected chi connectivity index (χ2v) is 5.53. The van der Waals surface area contributed by atoms with Crippen molar-refractivity contribution in [1.29, 1.82) is 0 Å². The zero-order chi connectivity index (χ0) is 14.9. The van der Waals surface area contributed by atoms with E-state index in [1.807, 2.05) is 13.8 Å². The van der Waals surface area contributed by atoms with Crippen LogP contribution in [0.1, 0.15) is 45.2 Å². The fourth-order valence-electron chi connectivity index (χ4n) is 1.90. The summed E-state index contributed by atoms with van der Waals surface area (Å²) in [5.41, 5.74) is 2.89. The van der Waals surface area contributed by atoms with Crippen LogP contribution in [-0.4, -0.2) is 36.8 Å². The minimum Gasteiger partial charge on any atom is -0.395 e. The van der Waals surface area contributed by atoms with Gasteiger partial charge in [0.15, 0.2) is 0 Å².